The number of ether oxygens (including phenoxy) is 1. The second kappa shape index (κ2) is 3.59. The number of hydrogen-bond donors (Lipinski definition) is 0. The molecule has 1 amide bonds. The lowest BCUT2D eigenvalue weighted by Crippen LogP contribution is -2.41. The molecule has 3 heteroatoms. The third-order valence-corrected chi connectivity index (χ3v) is 3.54. The van der Waals surface area contributed by atoms with Crippen molar-refractivity contribution in [2.75, 3.05) is 19.7 Å². The summed E-state index contributed by atoms with van der Waals surface area (Å²) in [4.78, 5) is 14.0. The molecule has 0 N–H and O–H groups in total. The van der Waals surface area contributed by atoms with Gasteiger partial charge in [0.25, 0.3) is 5.91 Å². The second-order valence-corrected chi connectivity index (χ2v) is 4.63. The number of nitrogens with zero attached hydrogens (tertiary/aromatic N) is 1. The highest BCUT2D eigenvalue weighted by molar-refractivity contribution is 5.94. The van der Waals surface area contributed by atoms with E-state index in [2.05, 4.69) is 0 Å². The third kappa shape index (κ3) is 1.71. The van der Waals surface area contributed by atoms with Crippen molar-refractivity contribution < 1.29 is 9.53 Å². The first-order chi connectivity index (χ1) is 7.79. The number of carbonyl (C=O) groups is 1. The van der Waals surface area contributed by atoms with E-state index in [1.807, 2.05) is 35.2 Å². The van der Waals surface area contributed by atoms with Crippen LogP contribution >= 0.6 is 0 Å². The molecule has 3 nitrogen and oxygen atoms in total. The Balaban J connectivity index is 1.68. The molecule has 0 atom stereocenters. The minimum absolute atomic E-state index is 0.146. The maximum atomic E-state index is 12.1. The van der Waals surface area contributed by atoms with Crippen LogP contribution in [0.2, 0.25) is 0 Å². The highest BCUT2D eigenvalue weighted by atomic mass is 16.6. The number of hydrogen-bond acceptors (Lipinski definition) is 2. The summed E-state index contributed by atoms with van der Waals surface area (Å²) >= 11 is 0. The number of benzene rings is 1. The van der Waals surface area contributed by atoms with Gasteiger partial charge in [-0.15, -0.1) is 0 Å². The lowest BCUT2D eigenvalue weighted by atomic mass is 9.97. The molecule has 1 spiro atoms. The molecule has 3 rings (SSSR count). The standard InChI is InChI=1S/C13H15NO2/c15-12(11-4-2-1-3-5-11)14-8-6-13(7-9-14)10-16-13/h1-5H,6-10H2. The molecule has 2 saturated heterocycles. The number of carbonyl (C=O) groups excluding carboxylic acids is 1. The molecule has 1 aromatic rings. The maximum absolute atomic E-state index is 12.1. The molecule has 1 aromatic carbocycles. The van der Waals surface area contributed by atoms with Crippen LogP contribution in [0.4, 0.5) is 0 Å². The number of likely N-dealkylation sites (tertiary alicyclic amines) is 1. The molecule has 2 aliphatic heterocycles. The smallest absolute Gasteiger partial charge is 0.253 e. The summed E-state index contributed by atoms with van der Waals surface area (Å²) in [7, 11) is 0. The normalized spacial score (nSPS) is 22.1. The molecule has 0 aliphatic carbocycles. The quantitative estimate of drug-likeness (QED) is 0.671. The van der Waals surface area contributed by atoms with Gasteiger partial charge < -0.3 is 9.64 Å². The Kier molecular flexibility index (Phi) is 2.21. The zero-order valence-electron chi connectivity index (χ0n) is 9.19. The van der Waals surface area contributed by atoms with E-state index in [1.54, 1.807) is 0 Å². The molecule has 0 bridgehead atoms. The largest absolute Gasteiger partial charge is 0.369 e. The van der Waals surface area contributed by atoms with Gasteiger partial charge in [-0.25, -0.2) is 0 Å². The van der Waals surface area contributed by atoms with Crippen LogP contribution in [0.15, 0.2) is 30.3 Å². The molecule has 0 saturated carbocycles. The van der Waals surface area contributed by atoms with Crippen LogP contribution in [0, 0.1) is 0 Å². The zero-order chi connectivity index (χ0) is 11.0. The zero-order valence-corrected chi connectivity index (χ0v) is 9.19. The Morgan fingerprint density at radius 1 is 1.19 bits per heavy atom. The predicted octanol–water partition coefficient (Wildman–Crippen LogP) is 1.69. The van der Waals surface area contributed by atoms with Gasteiger partial charge >= 0.3 is 0 Å². The summed E-state index contributed by atoms with van der Waals surface area (Å²) in [5.41, 5.74) is 0.933. The van der Waals surface area contributed by atoms with Crippen molar-refractivity contribution in [1.29, 1.82) is 0 Å². The van der Waals surface area contributed by atoms with Gasteiger partial charge in [0, 0.05) is 18.7 Å². The summed E-state index contributed by atoms with van der Waals surface area (Å²) in [5.74, 6) is 0.149. The van der Waals surface area contributed by atoms with Gasteiger partial charge in [-0.1, -0.05) is 18.2 Å². The molecular formula is C13H15NO2. The molecule has 16 heavy (non-hydrogen) atoms. The Labute approximate surface area is 95.0 Å². The monoisotopic (exact) mass is 217 g/mol. The Bertz CT molecular complexity index is 388. The van der Waals surface area contributed by atoms with Crippen LogP contribution in [0.5, 0.6) is 0 Å². The summed E-state index contributed by atoms with van der Waals surface area (Å²) in [5, 5.41) is 0. The average molecular weight is 217 g/mol. The van der Waals surface area contributed by atoms with Gasteiger partial charge in [-0.2, -0.15) is 0 Å². The molecule has 84 valence electrons. The van der Waals surface area contributed by atoms with Crippen molar-refractivity contribution in [3.63, 3.8) is 0 Å². The lowest BCUT2D eigenvalue weighted by Gasteiger charge is -2.30. The van der Waals surface area contributed by atoms with E-state index in [-0.39, 0.29) is 11.5 Å². The minimum Gasteiger partial charge on any atom is -0.369 e. The van der Waals surface area contributed by atoms with E-state index in [9.17, 15) is 4.79 Å². The van der Waals surface area contributed by atoms with Gasteiger partial charge in [0.1, 0.15) is 0 Å². The summed E-state index contributed by atoms with van der Waals surface area (Å²) < 4.78 is 5.43. The summed E-state index contributed by atoms with van der Waals surface area (Å²) in [6.45, 7) is 2.54. The van der Waals surface area contributed by atoms with Crippen LogP contribution < -0.4 is 0 Å². The molecule has 0 aromatic heterocycles. The van der Waals surface area contributed by atoms with Crippen molar-refractivity contribution in [3.05, 3.63) is 35.9 Å². The van der Waals surface area contributed by atoms with Gasteiger partial charge in [-0.3, -0.25) is 4.79 Å². The van der Waals surface area contributed by atoms with Gasteiger partial charge in [-0.05, 0) is 25.0 Å². The molecule has 2 fully saturated rings. The first-order valence-corrected chi connectivity index (χ1v) is 5.77. The number of rotatable bonds is 1. The van der Waals surface area contributed by atoms with Gasteiger partial charge in [0.05, 0.1) is 12.2 Å². The Hall–Kier alpha value is -1.35. The first kappa shape index (κ1) is 9.85. The van der Waals surface area contributed by atoms with Crippen LogP contribution in [-0.4, -0.2) is 36.1 Å². The lowest BCUT2D eigenvalue weighted by molar-refractivity contribution is 0.0663. The Morgan fingerprint density at radius 2 is 1.81 bits per heavy atom. The van der Waals surface area contributed by atoms with E-state index < -0.39 is 0 Å². The van der Waals surface area contributed by atoms with E-state index in [0.29, 0.717) is 0 Å². The fourth-order valence-corrected chi connectivity index (χ4v) is 2.27. The topological polar surface area (TPSA) is 32.8 Å². The molecule has 2 heterocycles. The van der Waals surface area contributed by atoms with Gasteiger partial charge in [0.15, 0.2) is 0 Å². The molecule has 0 unspecified atom stereocenters. The number of epoxide rings is 1. The summed E-state index contributed by atoms with van der Waals surface area (Å²) in [6, 6.07) is 9.49. The van der Waals surface area contributed by atoms with E-state index in [0.717, 1.165) is 38.1 Å². The second-order valence-electron chi connectivity index (χ2n) is 4.63. The molecular weight excluding hydrogens is 202 g/mol. The fraction of sp³-hybridized carbons (Fsp3) is 0.462. The van der Waals surface area contributed by atoms with Crippen LogP contribution in [-0.2, 0) is 4.74 Å². The molecule has 2 aliphatic rings. The van der Waals surface area contributed by atoms with Crippen molar-refractivity contribution >= 4 is 5.91 Å². The van der Waals surface area contributed by atoms with Crippen LogP contribution in [0.3, 0.4) is 0 Å². The Morgan fingerprint density at radius 3 is 2.38 bits per heavy atom. The first-order valence-electron chi connectivity index (χ1n) is 5.77. The van der Waals surface area contributed by atoms with Crippen molar-refractivity contribution in [1.82, 2.24) is 4.90 Å². The number of piperidine rings is 1. The van der Waals surface area contributed by atoms with Crippen LogP contribution in [0.1, 0.15) is 23.2 Å². The highest BCUT2D eigenvalue weighted by Gasteiger charge is 2.47. The van der Waals surface area contributed by atoms with E-state index in [4.69, 9.17) is 4.74 Å². The summed E-state index contributed by atoms with van der Waals surface area (Å²) in [6.07, 6.45) is 1.98. The SMILES string of the molecule is O=C(c1ccccc1)N1CCC2(CC1)CO2. The van der Waals surface area contributed by atoms with E-state index in [1.165, 1.54) is 0 Å². The predicted molar refractivity (Wildman–Crippen MR) is 60.3 cm³/mol. The third-order valence-electron chi connectivity index (χ3n) is 3.54. The van der Waals surface area contributed by atoms with Crippen molar-refractivity contribution in [3.8, 4) is 0 Å². The molecule has 0 radical (unpaired) electrons. The van der Waals surface area contributed by atoms with E-state index >= 15 is 0 Å². The fourth-order valence-electron chi connectivity index (χ4n) is 2.27. The van der Waals surface area contributed by atoms with Crippen LogP contribution in [0.25, 0.3) is 0 Å². The average Bonchev–Trinajstić information content (AvgIpc) is 3.10. The maximum Gasteiger partial charge on any atom is 0.253 e. The van der Waals surface area contributed by atoms with Gasteiger partial charge in [0.2, 0.25) is 0 Å². The van der Waals surface area contributed by atoms with Crippen molar-refractivity contribution in [2.45, 2.75) is 18.4 Å². The number of amides is 1. The highest BCUT2D eigenvalue weighted by Crippen LogP contribution is 2.37. The van der Waals surface area contributed by atoms with Crippen molar-refractivity contribution in [2.24, 2.45) is 0 Å². The minimum atomic E-state index is 0.146.